The summed E-state index contributed by atoms with van der Waals surface area (Å²) in [6.45, 7) is 5.20. The molecule has 0 saturated carbocycles. The first kappa shape index (κ1) is 13.5. The van der Waals surface area contributed by atoms with E-state index in [4.69, 9.17) is 12.2 Å². The van der Waals surface area contributed by atoms with Crippen LogP contribution in [0.2, 0.25) is 0 Å². The monoisotopic (exact) mass is 297 g/mol. The lowest BCUT2D eigenvalue weighted by Gasteiger charge is -2.06. The summed E-state index contributed by atoms with van der Waals surface area (Å²) in [4.78, 5) is 4.04. The number of H-pyrrole nitrogens is 1. The number of benzene rings is 1. The van der Waals surface area contributed by atoms with Gasteiger partial charge in [0.05, 0.1) is 6.33 Å². The van der Waals surface area contributed by atoms with Crippen LogP contribution in [0.25, 0.3) is 11.4 Å². The predicted octanol–water partition coefficient (Wildman–Crippen LogP) is 3.04. The van der Waals surface area contributed by atoms with Gasteiger partial charge in [0.2, 0.25) is 0 Å². The van der Waals surface area contributed by atoms with Gasteiger partial charge in [-0.25, -0.2) is 4.98 Å². The molecule has 106 valence electrons. The molecule has 2 heterocycles. The lowest BCUT2D eigenvalue weighted by Crippen LogP contribution is -1.99. The summed E-state index contributed by atoms with van der Waals surface area (Å²) in [5, 5.41) is 7.12. The molecule has 6 heteroatoms. The molecule has 0 spiro atoms. The van der Waals surface area contributed by atoms with E-state index in [1.54, 1.807) is 6.20 Å². The minimum Gasteiger partial charge on any atom is -0.333 e. The number of nitrogens with zero attached hydrogens (tertiary/aromatic N) is 4. The third-order valence-electron chi connectivity index (χ3n) is 3.21. The molecular weight excluding hydrogens is 282 g/mol. The maximum absolute atomic E-state index is 5.23. The highest BCUT2D eigenvalue weighted by Crippen LogP contribution is 2.18. The van der Waals surface area contributed by atoms with Crippen LogP contribution in [-0.4, -0.2) is 24.3 Å². The summed E-state index contributed by atoms with van der Waals surface area (Å²) in [5.74, 6) is 0.828. The van der Waals surface area contributed by atoms with Gasteiger partial charge < -0.3 is 4.57 Å². The van der Waals surface area contributed by atoms with Crippen LogP contribution in [0.4, 0.5) is 0 Å². The molecule has 0 atom stereocenters. The molecule has 3 aromatic rings. The molecule has 2 aromatic heterocycles. The van der Waals surface area contributed by atoms with Crippen LogP contribution in [0.1, 0.15) is 5.56 Å². The Hall–Kier alpha value is -2.47. The predicted molar refractivity (Wildman–Crippen MR) is 84.4 cm³/mol. The topological polar surface area (TPSA) is 51.4 Å². The normalized spacial score (nSPS) is 10.7. The van der Waals surface area contributed by atoms with E-state index in [9.17, 15) is 0 Å². The molecule has 0 aliphatic heterocycles. The molecule has 0 saturated heterocycles. The fourth-order valence-corrected chi connectivity index (χ4v) is 2.39. The first-order valence-corrected chi connectivity index (χ1v) is 7.00. The highest BCUT2D eigenvalue weighted by molar-refractivity contribution is 7.71. The van der Waals surface area contributed by atoms with E-state index in [0.717, 1.165) is 17.9 Å². The Morgan fingerprint density at radius 1 is 1.29 bits per heavy atom. The Kier molecular flexibility index (Phi) is 3.79. The highest BCUT2D eigenvalue weighted by atomic mass is 32.1. The van der Waals surface area contributed by atoms with Gasteiger partial charge in [-0.05, 0) is 17.8 Å². The fraction of sp³-hybridized carbons (Fsp3) is 0.133. The number of allylic oxidation sites excluding steroid dienone is 1. The second kappa shape index (κ2) is 5.88. The van der Waals surface area contributed by atoms with Crippen molar-refractivity contribution in [2.75, 3.05) is 0 Å². The molecule has 0 unspecified atom stereocenters. The number of hydrogen-bond acceptors (Lipinski definition) is 3. The minimum atomic E-state index is 0.604. The molecule has 1 aromatic carbocycles. The van der Waals surface area contributed by atoms with Gasteiger partial charge in [0, 0.05) is 31.0 Å². The lowest BCUT2D eigenvalue weighted by atomic mass is 10.1. The molecule has 0 radical (unpaired) electrons. The van der Waals surface area contributed by atoms with Gasteiger partial charge in [-0.2, -0.15) is 5.10 Å². The van der Waals surface area contributed by atoms with Gasteiger partial charge in [0.15, 0.2) is 10.6 Å². The van der Waals surface area contributed by atoms with Gasteiger partial charge >= 0.3 is 0 Å². The van der Waals surface area contributed by atoms with E-state index in [-0.39, 0.29) is 0 Å². The average Bonchev–Trinajstić information content (AvgIpc) is 3.12. The van der Waals surface area contributed by atoms with Crippen LogP contribution < -0.4 is 0 Å². The van der Waals surface area contributed by atoms with E-state index >= 15 is 0 Å². The van der Waals surface area contributed by atoms with Gasteiger partial charge in [-0.1, -0.05) is 30.3 Å². The van der Waals surface area contributed by atoms with Crippen molar-refractivity contribution in [3.05, 3.63) is 66.0 Å². The van der Waals surface area contributed by atoms with Crippen molar-refractivity contribution in [2.24, 2.45) is 0 Å². The molecule has 1 N–H and O–H groups in total. The van der Waals surface area contributed by atoms with Crippen LogP contribution in [-0.2, 0) is 13.1 Å². The van der Waals surface area contributed by atoms with Crippen molar-refractivity contribution >= 4 is 12.2 Å². The van der Waals surface area contributed by atoms with Gasteiger partial charge in [0.1, 0.15) is 0 Å². The quantitative estimate of drug-likeness (QED) is 0.582. The zero-order valence-corrected chi connectivity index (χ0v) is 12.3. The van der Waals surface area contributed by atoms with Crippen molar-refractivity contribution in [1.82, 2.24) is 24.3 Å². The van der Waals surface area contributed by atoms with Crippen molar-refractivity contribution in [3.8, 4) is 11.4 Å². The first-order valence-electron chi connectivity index (χ1n) is 6.59. The maximum atomic E-state index is 5.23. The van der Waals surface area contributed by atoms with Crippen LogP contribution in [0.5, 0.6) is 0 Å². The number of rotatable bonds is 5. The Bertz CT molecular complexity index is 780. The van der Waals surface area contributed by atoms with Gasteiger partial charge in [-0.15, -0.1) is 6.58 Å². The Balaban J connectivity index is 1.87. The fourth-order valence-electron chi connectivity index (χ4n) is 2.19. The third-order valence-corrected chi connectivity index (χ3v) is 3.52. The molecule has 0 bridgehead atoms. The molecule has 21 heavy (non-hydrogen) atoms. The van der Waals surface area contributed by atoms with Crippen molar-refractivity contribution in [1.29, 1.82) is 0 Å². The molecule has 5 nitrogen and oxygen atoms in total. The Morgan fingerprint density at radius 3 is 2.76 bits per heavy atom. The Morgan fingerprint density at radius 2 is 2.10 bits per heavy atom. The summed E-state index contributed by atoms with van der Waals surface area (Å²) in [6, 6.07) is 8.28. The number of nitrogens with one attached hydrogen (secondary N) is 1. The number of hydrogen-bond donors (Lipinski definition) is 1. The van der Waals surface area contributed by atoms with E-state index in [2.05, 4.69) is 46.0 Å². The summed E-state index contributed by atoms with van der Waals surface area (Å²) < 4.78 is 4.56. The standard InChI is InChI=1S/C15H15N5S/c1-2-8-20-14(17-18-15(20)21)13-5-3-12(4-6-13)10-19-9-7-16-11-19/h2-7,9,11H,1,8,10H2,(H,18,21). The SMILES string of the molecule is C=CCn1c(-c2ccc(Cn3ccnc3)cc2)n[nH]c1=S. The highest BCUT2D eigenvalue weighted by Gasteiger charge is 2.07. The van der Waals surface area contributed by atoms with E-state index in [1.165, 1.54) is 5.56 Å². The molecular formula is C15H15N5S. The van der Waals surface area contributed by atoms with Crippen molar-refractivity contribution in [2.45, 2.75) is 13.1 Å². The summed E-state index contributed by atoms with van der Waals surface area (Å²) in [5.41, 5.74) is 2.24. The number of aromatic amines is 1. The Labute approximate surface area is 127 Å². The van der Waals surface area contributed by atoms with Gasteiger partial charge in [0.25, 0.3) is 0 Å². The summed E-state index contributed by atoms with van der Waals surface area (Å²) in [7, 11) is 0. The zero-order valence-electron chi connectivity index (χ0n) is 11.4. The molecule has 0 amide bonds. The third kappa shape index (κ3) is 2.85. The zero-order chi connectivity index (χ0) is 14.7. The number of imidazole rings is 1. The second-order valence-electron chi connectivity index (χ2n) is 4.68. The van der Waals surface area contributed by atoms with E-state index < -0.39 is 0 Å². The largest absolute Gasteiger partial charge is 0.333 e. The molecule has 0 aliphatic rings. The summed E-state index contributed by atoms with van der Waals surface area (Å²) in [6.07, 6.45) is 7.34. The van der Waals surface area contributed by atoms with Crippen LogP contribution in [0.3, 0.4) is 0 Å². The van der Waals surface area contributed by atoms with Crippen molar-refractivity contribution < 1.29 is 0 Å². The first-order chi connectivity index (χ1) is 10.3. The number of aromatic nitrogens is 5. The molecule has 0 fully saturated rings. The van der Waals surface area contributed by atoms with Crippen LogP contribution in [0, 0.1) is 4.77 Å². The summed E-state index contributed by atoms with van der Waals surface area (Å²) >= 11 is 5.23. The minimum absolute atomic E-state index is 0.604. The average molecular weight is 297 g/mol. The molecule has 0 aliphatic carbocycles. The maximum Gasteiger partial charge on any atom is 0.195 e. The lowest BCUT2D eigenvalue weighted by molar-refractivity contribution is 0.796. The van der Waals surface area contributed by atoms with Crippen LogP contribution >= 0.6 is 12.2 Å². The van der Waals surface area contributed by atoms with Crippen LogP contribution in [0.15, 0.2) is 55.6 Å². The van der Waals surface area contributed by atoms with E-state index in [1.807, 2.05) is 27.7 Å². The molecule has 3 rings (SSSR count). The van der Waals surface area contributed by atoms with Gasteiger partial charge in [-0.3, -0.25) is 9.67 Å². The van der Waals surface area contributed by atoms with E-state index in [0.29, 0.717) is 11.3 Å². The second-order valence-corrected chi connectivity index (χ2v) is 5.07. The smallest absolute Gasteiger partial charge is 0.195 e. The van der Waals surface area contributed by atoms with Crippen molar-refractivity contribution in [3.63, 3.8) is 0 Å².